The molecule has 0 aliphatic heterocycles. The van der Waals surface area contributed by atoms with E-state index in [1.165, 1.54) is 6.33 Å². The molecule has 0 aliphatic carbocycles. The van der Waals surface area contributed by atoms with E-state index in [9.17, 15) is 0 Å². The first-order valence-corrected chi connectivity index (χ1v) is 5.29. The van der Waals surface area contributed by atoms with Crippen LogP contribution in [0.2, 0.25) is 0 Å². The zero-order chi connectivity index (χ0) is 11.5. The van der Waals surface area contributed by atoms with Gasteiger partial charge in [0.25, 0.3) is 0 Å². The summed E-state index contributed by atoms with van der Waals surface area (Å²) in [5.74, 6) is 0.401. The first kappa shape index (κ1) is 10.7. The first-order chi connectivity index (χ1) is 7.68. The molecule has 0 saturated heterocycles. The minimum Gasteiger partial charge on any atom is -0.393 e. The summed E-state index contributed by atoms with van der Waals surface area (Å²) < 4.78 is 1.92. The number of fused-ring (bicyclic) bond motifs is 1. The maximum absolute atomic E-state index is 5.68. The van der Waals surface area contributed by atoms with Crippen LogP contribution in [0.15, 0.2) is 12.7 Å². The van der Waals surface area contributed by atoms with Crippen LogP contribution in [0.5, 0.6) is 0 Å². The monoisotopic (exact) mass is 236 g/mol. The molecule has 0 aliphatic rings. The van der Waals surface area contributed by atoms with Crippen molar-refractivity contribution in [2.75, 3.05) is 5.73 Å². The highest BCUT2D eigenvalue weighted by Crippen LogP contribution is 2.14. The molecule has 6 nitrogen and oxygen atoms in total. The molecule has 0 unspecified atom stereocenters. The van der Waals surface area contributed by atoms with Crippen molar-refractivity contribution in [2.45, 2.75) is 19.4 Å². The van der Waals surface area contributed by atoms with E-state index in [1.54, 1.807) is 6.33 Å². The third kappa shape index (κ3) is 2.08. The average Bonchev–Trinajstić information content (AvgIpc) is 2.63. The number of hydrogen-bond donors (Lipinski definition) is 2. The molecule has 0 amide bonds. The van der Waals surface area contributed by atoms with Crippen LogP contribution in [-0.2, 0) is 6.54 Å². The largest absolute Gasteiger partial charge is 0.393 e. The van der Waals surface area contributed by atoms with Crippen LogP contribution < -0.4 is 11.5 Å². The summed E-state index contributed by atoms with van der Waals surface area (Å²) in [6, 6.07) is 0. The maximum Gasteiger partial charge on any atom is 0.165 e. The van der Waals surface area contributed by atoms with E-state index in [2.05, 4.69) is 15.0 Å². The third-order valence-electron chi connectivity index (χ3n) is 2.25. The molecule has 0 atom stereocenters. The highest BCUT2D eigenvalue weighted by Gasteiger charge is 2.06. The van der Waals surface area contributed by atoms with Gasteiger partial charge < -0.3 is 16.0 Å². The van der Waals surface area contributed by atoms with Gasteiger partial charge in [-0.1, -0.05) is 12.2 Å². The zero-order valence-electron chi connectivity index (χ0n) is 8.63. The minimum atomic E-state index is 0.401. The molecular formula is C9H12N6S. The first-order valence-electron chi connectivity index (χ1n) is 4.88. The minimum absolute atomic E-state index is 0.401. The lowest BCUT2D eigenvalue weighted by Gasteiger charge is -2.02. The Morgan fingerprint density at radius 2 is 2.19 bits per heavy atom. The molecule has 0 radical (unpaired) electrons. The van der Waals surface area contributed by atoms with Crippen LogP contribution in [0, 0.1) is 0 Å². The van der Waals surface area contributed by atoms with Crippen LogP contribution in [-0.4, -0.2) is 24.5 Å². The molecule has 16 heavy (non-hydrogen) atoms. The lowest BCUT2D eigenvalue weighted by atomic mass is 10.3. The van der Waals surface area contributed by atoms with Crippen LogP contribution >= 0.6 is 12.2 Å². The second-order valence-electron chi connectivity index (χ2n) is 3.44. The Hall–Kier alpha value is -1.76. The number of nitrogen functional groups attached to an aromatic ring is 1. The van der Waals surface area contributed by atoms with Crippen molar-refractivity contribution >= 4 is 34.2 Å². The van der Waals surface area contributed by atoms with E-state index in [0.717, 1.165) is 25.0 Å². The van der Waals surface area contributed by atoms with E-state index in [0.29, 0.717) is 16.3 Å². The van der Waals surface area contributed by atoms with Crippen molar-refractivity contribution in [1.82, 2.24) is 19.5 Å². The number of imidazole rings is 1. The fraction of sp³-hybridized carbons (Fsp3) is 0.333. The number of nitrogens with two attached hydrogens (primary N) is 2. The number of rotatable bonds is 4. The molecule has 0 saturated carbocycles. The molecule has 0 fully saturated rings. The Kier molecular flexibility index (Phi) is 2.95. The highest BCUT2D eigenvalue weighted by atomic mass is 32.1. The smallest absolute Gasteiger partial charge is 0.165 e. The van der Waals surface area contributed by atoms with Crippen molar-refractivity contribution in [3.63, 3.8) is 0 Å². The topological polar surface area (TPSA) is 95.6 Å². The van der Waals surface area contributed by atoms with Crippen LogP contribution in [0.1, 0.15) is 12.8 Å². The molecule has 7 heteroatoms. The Morgan fingerprint density at radius 1 is 1.38 bits per heavy atom. The second-order valence-corrected chi connectivity index (χ2v) is 3.96. The molecule has 2 aromatic heterocycles. The standard InChI is InChI=1S/C9H12N6S/c10-6(16)2-1-3-15-5-14-7-8(11)12-4-13-9(7)15/h4-5H,1-3H2,(H2,10,16)(H2,11,12,13). The highest BCUT2D eigenvalue weighted by molar-refractivity contribution is 7.80. The lowest BCUT2D eigenvalue weighted by Crippen LogP contribution is -2.09. The summed E-state index contributed by atoms with van der Waals surface area (Å²) in [5, 5.41) is 0. The van der Waals surface area contributed by atoms with Crippen LogP contribution in [0.4, 0.5) is 5.82 Å². The van der Waals surface area contributed by atoms with Gasteiger partial charge in [0.1, 0.15) is 11.8 Å². The predicted octanol–water partition coefficient (Wildman–Crippen LogP) is 0.475. The number of nitrogens with zero attached hydrogens (tertiary/aromatic N) is 4. The Morgan fingerprint density at radius 3 is 2.94 bits per heavy atom. The Bertz CT molecular complexity index is 520. The number of hydrogen-bond acceptors (Lipinski definition) is 5. The molecule has 0 spiro atoms. The quantitative estimate of drug-likeness (QED) is 0.749. The molecule has 2 heterocycles. The lowest BCUT2D eigenvalue weighted by molar-refractivity contribution is 0.670. The van der Waals surface area contributed by atoms with Crippen molar-refractivity contribution < 1.29 is 0 Å². The van der Waals surface area contributed by atoms with Gasteiger partial charge in [0, 0.05) is 6.54 Å². The van der Waals surface area contributed by atoms with Crippen molar-refractivity contribution in [3.05, 3.63) is 12.7 Å². The van der Waals surface area contributed by atoms with Gasteiger partial charge in [0.15, 0.2) is 11.5 Å². The molecule has 84 valence electrons. The number of thiocarbonyl (C=S) groups is 1. The Labute approximate surface area is 97.7 Å². The molecule has 0 aromatic carbocycles. The van der Waals surface area contributed by atoms with Gasteiger partial charge in [0.05, 0.1) is 11.3 Å². The number of anilines is 1. The van der Waals surface area contributed by atoms with Gasteiger partial charge in [-0.3, -0.25) is 0 Å². The van der Waals surface area contributed by atoms with Crippen molar-refractivity contribution in [3.8, 4) is 0 Å². The summed E-state index contributed by atoms with van der Waals surface area (Å²) in [6.45, 7) is 0.768. The van der Waals surface area contributed by atoms with E-state index in [4.69, 9.17) is 23.7 Å². The van der Waals surface area contributed by atoms with E-state index in [-0.39, 0.29) is 0 Å². The fourth-order valence-electron chi connectivity index (χ4n) is 1.49. The van der Waals surface area contributed by atoms with Gasteiger partial charge in [0.2, 0.25) is 0 Å². The van der Waals surface area contributed by atoms with Gasteiger partial charge in [-0.15, -0.1) is 0 Å². The fourth-order valence-corrected chi connectivity index (χ4v) is 1.63. The van der Waals surface area contributed by atoms with Crippen molar-refractivity contribution in [1.29, 1.82) is 0 Å². The predicted molar refractivity (Wildman–Crippen MR) is 65.8 cm³/mol. The Balaban J connectivity index is 2.19. The molecule has 2 aromatic rings. The van der Waals surface area contributed by atoms with Crippen molar-refractivity contribution in [2.24, 2.45) is 5.73 Å². The van der Waals surface area contributed by atoms with Gasteiger partial charge in [-0.25, -0.2) is 15.0 Å². The summed E-state index contributed by atoms with van der Waals surface area (Å²) in [5.41, 5.74) is 12.5. The van der Waals surface area contributed by atoms with E-state index >= 15 is 0 Å². The number of aromatic nitrogens is 4. The SMILES string of the molecule is NC(=S)CCCn1cnc2c(N)ncnc21. The van der Waals surface area contributed by atoms with Gasteiger partial charge >= 0.3 is 0 Å². The number of aryl methyl sites for hydroxylation is 1. The van der Waals surface area contributed by atoms with Gasteiger partial charge in [-0.05, 0) is 12.8 Å². The van der Waals surface area contributed by atoms with Crippen LogP contribution in [0.3, 0.4) is 0 Å². The molecule has 0 bridgehead atoms. The summed E-state index contributed by atoms with van der Waals surface area (Å²) >= 11 is 4.81. The van der Waals surface area contributed by atoms with Gasteiger partial charge in [-0.2, -0.15) is 0 Å². The summed E-state index contributed by atoms with van der Waals surface area (Å²) in [6.07, 6.45) is 4.72. The molecule has 4 N–H and O–H groups in total. The van der Waals surface area contributed by atoms with E-state index < -0.39 is 0 Å². The van der Waals surface area contributed by atoms with Crippen LogP contribution in [0.25, 0.3) is 11.2 Å². The molecule has 2 rings (SSSR count). The summed E-state index contributed by atoms with van der Waals surface area (Å²) in [7, 11) is 0. The normalized spacial score (nSPS) is 10.8. The maximum atomic E-state index is 5.68. The average molecular weight is 236 g/mol. The third-order valence-corrected chi connectivity index (χ3v) is 2.46. The second kappa shape index (κ2) is 4.40. The molecular weight excluding hydrogens is 224 g/mol. The summed E-state index contributed by atoms with van der Waals surface area (Å²) in [4.78, 5) is 12.7. The zero-order valence-corrected chi connectivity index (χ0v) is 9.44. The van der Waals surface area contributed by atoms with E-state index in [1.807, 2.05) is 4.57 Å².